The summed E-state index contributed by atoms with van der Waals surface area (Å²) >= 11 is 0. The largest absolute Gasteiger partial charge is 0.396 e. The van der Waals surface area contributed by atoms with Crippen LogP contribution in [0.4, 0.5) is 0 Å². The van der Waals surface area contributed by atoms with Crippen LogP contribution < -0.4 is 5.32 Å². The molecule has 1 amide bonds. The molecule has 2 N–H and O–H groups in total. The Morgan fingerprint density at radius 2 is 1.93 bits per heavy atom. The first-order valence-electron chi connectivity index (χ1n) is 6.03. The molecule has 0 aliphatic heterocycles. The Morgan fingerprint density at radius 1 is 1.33 bits per heavy atom. The zero-order valence-corrected chi connectivity index (χ0v) is 9.83. The molecule has 1 fully saturated rings. The van der Waals surface area contributed by atoms with Crippen molar-refractivity contribution in [3.8, 4) is 0 Å². The Kier molecular flexibility index (Phi) is 5.09. The zero-order chi connectivity index (χ0) is 11.3. The van der Waals surface area contributed by atoms with E-state index in [1.807, 2.05) is 13.8 Å². The second-order valence-electron chi connectivity index (χ2n) is 4.89. The van der Waals surface area contributed by atoms with Crippen molar-refractivity contribution in [1.29, 1.82) is 0 Å². The summed E-state index contributed by atoms with van der Waals surface area (Å²) in [5.74, 6) is 1.05. The highest BCUT2D eigenvalue weighted by atomic mass is 16.3. The lowest BCUT2D eigenvalue weighted by Gasteiger charge is -2.30. The Bertz CT molecular complexity index is 204. The minimum absolute atomic E-state index is 0.0566. The summed E-state index contributed by atoms with van der Waals surface area (Å²) in [4.78, 5) is 11.4. The van der Waals surface area contributed by atoms with Crippen LogP contribution in [0, 0.1) is 17.8 Å². The Morgan fingerprint density at radius 3 is 2.47 bits per heavy atom. The van der Waals surface area contributed by atoms with Crippen LogP contribution in [-0.4, -0.2) is 24.2 Å². The molecule has 3 nitrogen and oxygen atoms in total. The molecule has 0 heterocycles. The second-order valence-corrected chi connectivity index (χ2v) is 4.89. The lowest BCUT2D eigenvalue weighted by atomic mass is 9.79. The summed E-state index contributed by atoms with van der Waals surface area (Å²) in [6, 6.07) is 0. The lowest BCUT2D eigenvalue weighted by Crippen LogP contribution is -2.37. The molecule has 88 valence electrons. The number of aliphatic hydroxyl groups is 1. The number of hydrogen-bond acceptors (Lipinski definition) is 2. The van der Waals surface area contributed by atoms with Crippen molar-refractivity contribution in [3.63, 3.8) is 0 Å². The summed E-state index contributed by atoms with van der Waals surface area (Å²) in [6.45, 7) is 4.81. The first kappa shape index (κ1) is 12.5. The van der Waals surface area contributed by atoms with Crippen LogP contribution in [0.5, 0.6) is 0 Å². The minimum Gasteiger partial charge on any atom is -0.396 e. The molecule has 0 saturated heterocycles. The van der Waals surface area contributed by atoms with Crippen molar-refractivity contribution >= 4 is 5.91 Å². The average Bonchev–Trinajstić information content (AvgIpc) is 2.26. The van der Waals surface area contributed by atoms with Gasteiger partial charge in [0.1, 0.15) is 0 Å². The highest BCUT2D eigenvalue weighted by Crippen LogP contribution is 2.29. The molecule has 2 unspecified atom stereocenters. The Labute approximate surface area is 92.3 Å². The number of hydrogen-bond donors (Lipinski definition) is 2. The molecular formula is C12H23NO2. The summed E-state index contributed by atoms with van der Waals surface area (Å²) in [5, 5.41) is 12.2. The van der Waals surface area contributed by atoms with E-state index in [1.54, 1.807) is 0 Å². The lowest BCUT2D eigenvalue weighted by molar-refractivity contribution is -0.124. The molecule has 0 bridgehead atoms. The quantitative estimate of drug-likeness (QED) is 0.744. The Hall–Kier alpha value is -0.570. The van der Waals surface area contributed by atoms with Crippen molar-refractivity contribution < 1.29 is 9.90 Å². The summed E-state index contributed by atoms with van der Waals surface area (Å²) in [5.41, 5.74) is 0. The normalized spacial score (nSPS) is 26.7. The van der Waals surface area contributed by atoms with Crippen LogP contribution in [-0.2, 0) is 4.79 Å². The highest BCUT2D eigenvalue weighted by molar-refractivity contribution is 5.77. The van der Waals surface area contributed by atoms with Gasteiger partial charge in [0.2, 0.25) is 5.91 Å². The highest BCUT2D eigenvalue weighted by Gasteiger charge is 2.24. The number of carbonyl (C=O) groups excluding carboxylic acids is 1. The maximum atomic E-state index is 11.4. The molecule has 1 saturated carbocycles. The van der Waals surface area contributed by atoms with Crippen molar-refractivity contribution in [3.05, 3.63) is 0 Å². The van der Waals surface area contributed by atoms with E-state index in [-0.39, 0.29) is 18.4 Å². The third-order valence-electron chi connectivity index (χ3n) is 3.36. The van der Waals surface area contributed by atoms with Gasteiger partial charge in [0.15, 0.2) is 0 Å². The van der Waals surface area contributed by atoms with Crippen LogP contribution in [0.3, 0.4) is 0 Å². The molecule has 0 aromatic rings. The molecule has 15 heavy (non-hydrogen) atoms. The number of amides is 1. The molecule has 2 atom stereocenters. The van der Waals surface area contributed by atoms with Gasteiger partial charge in [-0.3, -0.25) is 4.79 Å². The molecule has 1 aliphatic carbocycles. The van der Waals surface area contributed by atoms with Crippen LogP contribution in [0.1, 0.15) is 39.5 Å². The number of aliphatic hydroxyl groups excluding tert-OH is 1. The summed E-state index contributed by atoms with van der Waals surface area (Å²) < 4.78 is 0. The van der Waals surface area contributed by atoms with Crippen molar-refractivity contribution in [2.45, 2.75) is 39.5 Å². The van der Waals surface area contributed by atoms with Crippen LogP contribution in [0.25, 0.3) is 0 Å². The molecule has 1 aliphatic rings. The smallest absolute Gasteiger partial charge is 0.222 e. The van der Waals surface area contributed by atoms with E-state index in [0.717, 1.165) is 19.4 Å². The van der Waals surface area contributed by atoms with E-state index in [9.17, 15) is 9.90 Å². The van der Waals surface area contributed by atoms with Gasteiger partial charge >= 0.3 is 0 Å². The number of rotatable bonds is 4. The fourth-order valence-corrected chi connectivity index (χ4v) is 2.23. The van der Waals surface area contributed by atoms with Gasteiger partial charge in [-0.2, -0.15) is 0 Å². The van der Waals surface area contributed by atoms with Crippen molar-refractivity contribution in [1.82, 2.24) is 5.32 Å². The van der Waals surface area contributed by atoms with E-state index in [4.69, 9.17) is 0 Å². The van der Waals surface area contributed by atoms with E-state index >= 15 is 0 Å². The topological polar surface area (TPSA) is 49.3 Å². The van der Waals surface area contributed by atoms with Gasteiger partial charge in [0.05, 0.1) is 0 Å². The number of carbonyl (C=O) groups is 1. The maximum Gasteiger partial charge on any atom is 0.222 e. The molecule has 0 aromatic heterocycles. The second kappa shape index (κ2) is 6.11. The summed E-state index contributed by atoms with van der Waals surface area (Å²) in [7, 11) is 0. The third-order valence-corrected chi connectivity index (χ3v) is 3.36. The maximum absolute atomic E-state index is 11.4. The fraction of sp³-hybridized carbons (Fsp3) is 0.917. The van der Waals surface area contributed by atoms with Gasteiger partial charge in [0.25, 0.3) is 0 Å². The molecule has 0 radical (unpaired) electrons. The molecule has 0 spiro atoms. The molecule has 3 heteroatoms. The van der Waals surface area contributed by atoms with Crippen molar-refractivity contribution in [2.24, 2.45) is 17.8 Å². The fourth-order valence-electron chi connectivity index (χ4n) is 2.23. The zero-order valence-electron chi connectivity index (χ0n) is 9.83. The van der Waals surface area contributed by atoms with Crippen LogP contribution >= 0.6 is 0 Å². The van der Waals surface area contributed by atoms with Gasteiger partial charge in [-0.05, 0) is 24.7 Å². The standard InChI is InChI=1S/C12H23NO2/c1-9(2)12(15)13-7-10-5-3-4-6-11(10)8-14/h9-11,14H,3-8H2,1-2H3,(H,13,15). The van der Waals surface area contributed by atoms with Crippen molar-refractivity contribution in [2.75, 3.05) is 13.2 Å². The van der Waals surface area contributed by atoms with Crippen LogP contribution in [0.15, 0.2) is 0 Å². The van der Waals surface area contributed by atoms with E-state index in [2.05, 4.69) is 5.32 Å². The SMILES string of the molecule is CC(C)C(=O)NCC1CCCCC1CO. The number of nitrogens with one attached hydrogen (secondary N) is 1. The molecule has 0 aromatic carbocycles. The van der Waals surface area contributed by atoms with E-state index in [0.29, 0.717) is 11.8 Å². The molecular weight excluding hydrogens is 190 g/mol. The van der Waals surface area contributed by atoms with Gasteiger partial charge < -0.3 is 10.4 Å². The Balaban J connectivity index is 2.32. The average molecular weight is 213 g/mol. The first-order chi connectivity index (χ1) is 7.15. The van der Waals surface area contributed by atoms with E-state index in [1.165, 1.54) is 12.8 Å². The van der Waals surface area contributed by atoms with Crippen LogP contribution in [0.2, 0.25) is 0 Å². The van der Waals surface area contributed by atoms with Gasteiger partial charge in [-0.1, -0.05) is 26.7 Å². The first-order valence-corrected chi connectivity index (χ1v) is 6.03. The van der Waals surface area contributed by atoms with Gasteiger partial charge in [0, 0.05) is 19.1 Å². The summed E-state index contributed by atoms with van der Waals surface area (Å²) in [6.07, 6.45) is 4.71. The van der Waals surface area contributed by atoms with E-state index < -0.39 is 0 Å². The third kappa shape index (κ3) is 3.82. The molecule has 1 rings (SSSR count). The van der Waals surface area contributed by atoms with Gasteiger partial charge in [-0.25, -0.2) is 0 Å². The minimum atomic E-state index is 0.0566. The van der Waals surface area contributed by atoms with Gasteiger partial charge in [-0.15, -0.1) is 0 Å². The predicted octanol–water partition coefficient (Wildman–Crippen LogP) is 1.56. The predicted molar refractivity (Wildman–Crippen MR) is 60.4 cm³/mol. The monoisotopic (exact) mass is 213 g/mol.